The molecule has 1 aromatic carbocycles. The second kappa shape index (κ2) is 6.67. The summed E-state index contributed by atoms with van der Waals surface area (Å²) in [6, 6.07) is 9.54. The quantitative estimate of drug-likeness (QED) is 0.613. The molecule has 0 aliphatic rings. The smallest absolute Gasteiger partial charge is 0.328 e. The van der Waals surface area contributed by atoms with Crippen molar-refractivity contribution in [3.8, 4) is 11.8 Å². The van der Waals surface area contributed by atoms with E-state index in [1.807, 2.05) is 49.1 Å². The average Bonchev–Trinajstić information content (AvgIpc) is 2.49. The summed E-state index contributed by atoms with van der Waals surface area (Å²) in [6.07, 6.45) is 0. The Balaban J connectivity index is 2.30. The van der Waals surface area contributed by atoms with E-state index in [4.69, 9.17) is 10.6 Å². The van der Waals surface area contributed by atoms with E-state index in [-0.39, 0.29) is 12.0 Å². The topological polar surface area (TPSA) is 89.2 Å². The SMILES string of the molecule is CCN(CC)c1nc(NN)nc(Oc2ccccc2)n1. The zero-order valence-electron chi connectivity index (χ0n) is 11.6. The van der Waals surface area contributed by atoms with Crippen molar-refractivity contribution in [3.05, 3.63) is 30.3 Å². The number of nitrogens with zero attached hydrogens (tertiary/aromatic N) is 4. The van der Waals surface area contributed by atoms with Crippen LogP contribution >= 0.6 is 0 Å². The Labute approximate surface area is 117 Å². The molecule has 0 atom stereocenters. The van der Waals surface area contributed by atoms with Gasteiger partial charge in [-0.1, -0.05) is 18.2 Å². The Kier molecular flexibility index (Phi) is 4.67. The zero-order valence-corrected chi connectivity index (χ0v) is 11.6. The number of para-hydroxylation sites is 1. The number of nitrogen functional groups attached to an aromatic ring is 1. The van der Waals surface area contributed by atoms with Gasteiger partial charge in [0.2, 0.25) is 11.9 Å². The maximum absolute atomic E-state index is 5.62. The normalized spacial score (nSPS) is 10.2. The van der Waals surface area contributed by atoms with Gasteiger partial charge in [0.05, 0.1) is 0 Å². The molecule has 3 N–H and O–H groups in total. The Morgan fingerprint density at radius 2 is 1.80 bits per heavy atom. The molecule has 7 nitrogen and oxygen atoms in total. The number of ether oxygens (including phenoxy) is 1. The van der Waals surface area contributed by atoms with Gasteiger partial charge in [-0.05, 0) is 26.0 Å². The first-order chi connectivity index (χ1) is 9.76. The maximum atomic E-state index is 5.62. The van der Waals surface area contributed by atoms with E-state index in [1.165, 1.54) is 0 Å². The van der Waals surface area contributed by atoms with Gasteiger partial charge in [0.15, 0.2) is 0 Å². The molecule has 0 aliphatic carbocycles. The van der Waals surface area contributed by atoms with Crippen LogP contribution in [0.15, 0.2) is 30.3 Å². The molecule has 0 bridgehead atoms. The van der Waals surface area contributed by atoms with Gasteiger partial charge >= 0.3 is 6.01 Å². The minimum Gasteiger partial charge on any atom is -0.424 e. The lowest BCUT2D eigenvalue weighted by Gasteiger charge is -2.19. The fourth-order valence-corrected chi connectivity index (χ4v) is 1.70. The summed E-state index contributed by atoms with van der Waals surface area (Å²) in [5.41, 5.74) is 2.43. The highest BCUT2D eigenvalue weighted by Gasteiger charge is 2.12. The van der Waals surface area contributed by atoms with Crippen LogP contribution in [0.3, 0.4) is 0 Å². The molecule has 0 spiro atoms. The molecule has 7 heteroatoms. The molecule has 2 aromatic rings. The van der Waals surface area contributed by atoms with Gasteiger partial charge in [0.25, 0.3) is 0 Å². The number of hydrazine groups is 1. The number of nitrogens with one attached hydrogen (secondary N) is 1. The predicted molar refractivity (Wildman–Crippen MR) is 77.7 cm³/mol. The third-order valence-corrected chi connectivity index (χ3v) is 2.73. The van der Waals surface area contributed by atoms with E-state index in [2.05, 4.69) is 20.4 Å². The molecule has 0 saturated carbocycles. The van der Waals surface area contributed by atoms with Crippen molar-refractivity contribution < 1.29 is 4.74 Å². The third kappa shape index (κ3) is 3.33. The van der Waals surface area contributed by atoms with Crippen LogP contribution in [0.2, 0.25) is 0 Å². The van der Waals surface area contributed by atoms with Crippen molar-refractivity contribution in [2.24, 2.45) is 5.84 Å². The van der Waals surface area contributed by atoms with Crippen LogP contribution in [0.25, 0.3) is 0 Å². The molecule has 0 fully saturated rings. The van der Waals surface area contributed by atoms with Gasteiger partial charge in [-0.15, -0.1) is 0 Å². The highest BCUT2D eigenvalue weighted by molar-refractivity contribution is 5.38. The van der Waals surface area contributed by atoms with Crippen LogP contribution in [0.4, 0.5) is 11.9 Å². The summed E-state index contributed by atoms with van der Waals surface area (Å²) in [5.74, 6) is 6.85. The molecule has 0 amide bonds. The molecule has 1 aromatic heterocycles. The summed E-state index contributed by atoms with van der Waals surface area (Å²) in [6.45, 7) is 5.63. The highest BCUT2D eigenvalue weighted by atomic mass is 16.5. The molecular formula is C13H18N6O. The molecule has 0 aliphatic heterocycles. The Morgan fingerprint density at radius 3 is 2.40 bits per heavy atom. The van der Waals surface area contributed by atoms with Crippen LogP contribution in [-0.2, 0) is 0 Å². The van der Waals surface area contributed by atoms with Crippen molar-refractivity contribution in [1.82, 2.24) is 15.0 Å². The van der Waals surface area contributed by atoms with E-state index in [1.54, 1.807) is 0 Å². The van der Waals surface area contributed by atoms with Crippen LogP contribution in [0, 0.1) is 0 Å². The van der Waals surface area contributed by atoms with Crippen molar-refractivity contribution in [2.45, 2.75) is 13.8 Å². The number of benzene rings is 1. The second-order valence-corrected chi connectivity index (χ2v) is 3.97. The Bertz CT molecular complexity index is 544. The lowest BCUT2D eigenvalue weighted by molar-refractivity contribution is 0.440. The van der Waals surface area contributed by atoms with Crippen molar-refractivity contribution in [3.63, 3.8) is 0 Å². The predicted octanol–water partition coefficient (Wildman–Crippen LogP) is 1.80. The molecule has 0 radical (unpaired) electrons. The van der Waals surface area contributed by atoms with Crippen LogP contribution in [0.5, 0.6) is 11.8 Å². The summed E-state index contributed by atoms with van der Waals surface area (Å²) in [5, 5.41) is 0. The number of hydrogen-bond acceptors (Lipinski definition) is 7. The van der Waals surface area contributed by atoms with E-state index in [0.717, 1.165) is 13.1 Å². The Hall–Kier alpha value is -2.41. The average molecular weight is 274 g/mol. The fourth-order valence-electron chi connectivity index (χ4n) is 1.70. The summed E-state index contributed by atoms with van der Waals surface area (Å²) in [4.78, 5) is 14.6. The monoisotopic (exact) mass is 274 g/mol. The maximum Gasteiger partial charge on any atom is 0.328 e. The van der Waals surface area contributed by atoms with Gasteiger partial charge in [-0.2, -0.15) is 15.0 Å². The van der Waals surface area contributed by atoms with E-state index < -0.39 is 0 Å². The lowest BCUT2D eigenvalue weighted by atomic mass is 10.3. The third-order valence-electron chi connectivity index (χ3n) is 2.73. The van der Waals surface area contributed by atoms with E-state index >= 15 is 0 Å². The second-order valence-electron chi connectivity index (χ2n) is 3.97. The highest BCUT2D eigenvalue weighted by Crippen LogP contribution is 2.20. The van der Waals surface area contributed by atoms with Gasteiger partial charge in [0.1, 0.15) is 5.75 Å². The first-order valence-electron chi connectivity index (χ1n) is 6.47. The summed E-state index contributed by atoms with van der Waals surface area (Å²) < 4.78 is 5.62. The minimum atomic E-state index is 0.209. The lowest BCUT2D eigenvalue weighted by Crippen LogP contribution is -2.25. The van der Waals surface area contributed by atoms with Gasteiger partial charge in [-0.3, -0.25) is 5.43 Å². The first-order valence-corrected chi connectivity index (χ1v) is 6.47. The standard InChI is InChI=1S/C13H18N6O/c1-3-19(4-2)12-15-11(18-14)16-13(17-12)20-10-8-6-5-7-9-10/h5-9H,3-4,14H2,1-2H3,(H,15,16,17,18). The molecule has 20 heavy (non-hydrogen) atoms. The van der Waals surface area contributed by atoms with Crippen molar-refractivity contribution in [1.29, 1.82) is 0 Å². The van der Waals surface area contributed by atoms with Crippen molar-refractivity contribution in [2.75, 3.05) is 23.4 Å². The zero-order chi connectivity index (χ0) is 14.4. The molecule has 0 saturated heterocycles. The number of nitrogens with two attached hydrogens (primary N) is 1. The van der Waals surface area contributed by atoms with Crippen LogP contribution in [0.1, 0.15) is 13.8 Å². The molecule has 2 rings (SSSR count). The van der Waals surface area contributed by atoms with Crippen LogP contribution in [-0.4, -0.2) is 28.0 Å². The van der Waals surface area contributed by atoms with Gasteiger partial charge < -0.3 is 9.64 Å². The molecule has 0 unspecified atom stereocenters. The van der Waals surface area contributed by atoms with Crippen LogP contribution < -0.4 is 20.9 Å². The number of rotatable bonds is 6. The van der Waals surface area contributed by atoms with Gasteiger partial charge in [-0.25, -0.2) is 5.84 Å². The van der Waals surface area contributed by atoms with Crippen molar-refractivity contribution >= 4 is 11.9 Å². The number of hydrogen-bond donors (Lipinski definition) is 2. The Morgan fingerprint density at radius 1 is 1.10 bits per heavy atom. The summed E-state index contributed by atoms with van der Waals surface area (Å²) in [7, 11) is 0. The molecular weight excluding hydrogens is 256 g/mol. The van der Waals surface area contributed by atoms with E-state index in [9.17, 15) is 0 Å². The number of aromatic nitrogens is 3. The molecule has 1 heterocycles. The molecule has 106 valence electrons. The first kappa shape index (κ1) is 14.0. The van der Waals surface area contributed by atoms with E-state index in [0.29, 0.717) is 11.7 Å². The fraction of sp³-hybridized carbons (Fsp3) is 0.308. The minimum absolute atomic E-state index is 0.209. The number of anilines is 2. The largest absolute Gasteiger partial charge is 0.424 e. The summed E-state index contributed by atoms with van der Waals surface area (Å²) >= 11 is 0. The van der Waals surface area contributed by atoms with Gasteiger partial charge in [0, 0.05) is 13.1 Å².